The van der Waals surface area contributed by atoms with Crippen LogP contribution in [-0.4, -0.2) is 187 Å². The largest absolute Gasteiger partial charge is 0.507 e. The van der Waals surface area contributed by atoms with Crippen LogP contribution >= 0.6 is 0 Å². The van der Waals surface area contributed by atoms with Crippen LogP contribution in [-0.2, 0) is 56.7 Å². The normalized spacial score (nSPS) is 29.1. The zero-order chi connectivity index (χ0) is 81.3. The number of nitrogens with one attached hydrogen (secondary N) is 3. The molecule has 6 aromatic carbocycles. The maximum atomic E-state index is 13.9. The van der Waals surface area contributed by atoms with Crippen molar-refractivity contribution >= 4 is 63.7 Å². The highest BCUT2D eigenvalue weighted by atomic mass is 16.7. The van der Waals surface area contributed by atoms with Crippen LogP contribution in [0.5, 0.6) is 34.5 Å². The number of aliphatic hydroxyl groups excluding tert-OH is 5. The van der Waals surface area contributed by atoms with E-state index in [-0.39, 0.29) is 95.3 Å². The Morgan fingerprint density at radius 1 is 0.509 bits per heavy atom. The molecule has 0 radical (unpaired) electrons. The van der Waals surface area contributed by atoms with Gasteiger partial charge in [0.2, 0.25) is 5.78 Å². The van der Waals surface area contributed by atoms with Crippen LogP contribution in [0.1, 0.15) is 145 Å². The Balaban J connectivity index is 0.000000129. The maximum absolute atomic E-state index is 13.9. The Morgan fingerprint density at radius 3 is 1.44 bits per heavy atom. The highest BCUT2D eigenvalue weighted by molar-refractivity contribution is 6.34. The van der Waals surface area contributed by atoms with Crippen molar-refractivity contribution in [3.8, 4) is 106 Å². The smallest absolute Gasteiger partial charge is 0.337 e. The molecule has 28 nitrogen and oxygen atoms in total. The standard InChI is InChI=1S/C29H21NO11.C29H19NO7.C28H21NO7/c1-27(39,25(37)26(38)40-2)29-16-7-5-3-4-6-8-17(33)28(29,41-29)13-11-15(32)19-20(21(13)30-16)24(36)18-12(22(19)34)9-10-14(31)23(18)35;1-15(13-22(33)36-2)28-20-11-5-3-4-6-12-21(32)29(28,37-28)18-14-19(31)23-24(25(18)30-20)27(35)17-10-8-7-9-16(17)26(23)34;1-13(2)27-18-7-5-3-4-6-8-19(32)28(27,36-27)16-11-17(31)21-22(23(16)29-18)26(35)20-15(25(21)34)10-9-14(12-30)24(20)33/h3-4,9-11,16-17,25,30-33,35,37,39H,1-2H3;3-4,7-10,13-14,20-21,30-32H,1-2H3;3-4,9-11,13,18-19,29-33H,12H2,1-2H3/b4-3-;4-3-,15-13+;4-3-/t16-,17+,25?,27?,28?,29+;20-,21+,28-,29?;18-,19+,27-,28?/m000/s1. The molecule has 3 fully saturated rings. The van der Waals surface area contributed by atoms with Crippen LogP contribution in [0.25, 0.3) is 0 Å². The Kier molecular flexibility index (Phi) is 16.8. The van der Waals surface area contributed by atoms with Gasteiger partial charge in [0.1, 0.15) is 52.3 Å². The number of carbonyl (C=O) groups excluding carboxylic acids is 8. The molecule has 3 saturated heterocycles. The van der Waals surface area contributed by atoms with Crippen LogP contribution < -0.4 is 16.0 Å². The first-order valence-corrected chi connectivity index (χ1v) is 35.1. The van der Waals surface area contributed by atoms with Crippen molar-refractivity contribution in [1.29, 1.82) is 0 Å². The van der Waals surface area contributed by atoms with Gasteiger partial charge >= 0.3 is 11.9 Å². The van der Waals surface area contributed by atoms with Gasteiger partial charge in [-0.15, -0.1) is 0 Å². The fourth-order valence-corrected chi connectivity index (χ4v) is 17.7. The number of esters is 2. The molecular formula is C86H61N3O25. The quantitative estimate of drug-likeness (QED) is 0.0272. The van der Waals surface area contributed by atoms with E-state index in [9.17, 15) is 99.6 Å². The molecule has 6 aliphatic heterocycles. The van der Waals surface area contributed by atoms with E-state index in [2.05, 4.69) is 91.7 Å². The van der Waals surface area contributed by atoms with E-state index in [0.717, 1.165) is 32.2 Å². The Bertz CT molecular complexity index is 6150. The van der Waals surface area contributed by atoms with E-state index in [1.54, 1.807) is 31.2 Å². The third kappa shape index (κ3) is 9.57. The molecule has 6 aromatic rings. The molecule has 0 spiro atoms. The first-order chi connectivity index (χ1) is 54.3. The van der Waals surface area contributed by atoms with Crippen molar-refractivity contribution in [2.45, 2.75) is 116 Å². The molecule has 5 unspecified atom stereocenters. The van der Waals surface area contributed by atoms with E-state index in [1.807, 2.05) is 13.8 Å². The van der Waals surface area contributed by atoms with Gasteiger partial charge in [0.15, 0.2) is 92.8 Å². The lowest BCUT2D eigenvalue weighted by Crippen LogP contribution is -2.66. The monoisotopic (exact) mass is 1540 g/mol. The third-order valence-electron chi connectivity index (χ3n) is 23.0. The second kappa shape index (κ2) is 25.8. The van der Waals surface area contributed by atoms with Gasteiger partial charge in [0.25, 0.3) is 0 Å². The van der Waals surface area contributed by atoms with E-state index < -0.39 is 186 Å². The molecule has 0 saturated carbocycles. The van der Waals surface area contributed by atoms with Crippen LogP contribution in [0.4, 0.5) is 17.1 Å². The predicted molar refractivity (Wildman–Crippen MR) is 395 cm³/mol. The molecule has 15 N–H and O–H groups in total. The van der Waals surface area contributed by atoms with E-state index in [4.69, 9.17) is 18.9 Å². The summed E-state index contributed by atoms with van der Waals surface area (Å²) in [4.78, 5) is 106. The number of hydrogen-bond acceptors (Lipinski definition) is 28. The second-order valence-corrected chi connectivity index (χ2v) is 28.8. The van der Waals surface area contributed by atoms with Crippen LogP contribution in [0.3, 0.4) is 0 Å². The summed E-state index contributed by atoms with van der Waals surface area (Å²) in [5, 5.41) is 140. The van der Waals surface area contributed by atoms with Gasteiger partial charge in [0, 0.05) is 50.6 Å². The van der Waals surface area contributed by atoms with Gasteiger partial charge < -0.3 is 101 Å². The third-order valence-corrected chi connectivity index (χ3v) is 23.0. The lowest BCUT2D eigenvalue weighted by atomic mass is 9.64. The highest BCUT2D eigenvalue weighted by Gasteiger charge is 2.88. The Hall–Kier alpha value is -13.6. The van der Waals surface area contributed by atoms with E-state index >= 15 is 0 Å². The highest BCUT2D eigenvalue weighted by Crippen LogP contribution is 2.73. The number of benzene rings is 6. The molecule has 6 bridgehead atoms. The molecule has 14 atom stereocenters. The zero-order valence-corrected chi connectivity index (χ0v) is 60.4. The average Bonchev–Trinajstić information content (AvgIpc) is 1.47. The number of aromatic hydroxyl groups is 6. The second-order valence-electron chi connectivity index (χ2n) is 28.8. The van der Waals surface area contributed by atoms with Gasteiger partial charge in [-0.2, -0.15) is 0 Å². The van der Waals surface area contributed by atoms with Gasteiger partial charge in [-0.1, -0.05) is 115 Å². The summed E-state index contributed by atoms with van der Waals surface area (Å²) < 4.78 is 28.2. The topological polar surface area (TPSA) is 471 Å². The minimum atomic E-state index is -2.53. The lowest BCUT2D eigenvalue weighted by Gasteiger charge is -2.43. The average molecular weight is 1540 g/mol. The zero-order valence-electron chi connectivity index (χ0n) is 60.4. The molecule has 114 heavy (non-hydrogen) atoms. The molecule has 18 rings (SSSR count). The van der Waals surface area contributed by atoms with Gasteiger partial charge in [-0.25, -0.2) is 9.59 Å². The number of epoxide rings is 3. The van der Waals surface area contributed by atoms with Crippen molar-refractivity contribution in [1.82, 2.24) is 0 Å². The molecule has 0 amide bonds. The number of ketones is 6. The summed E-state index contributed by atoms with van der Waals surface area (Å²) in [6, 6.07) is 12.0. The van der Waals surface area contributed by atoms with Gasteiger partial charge in [-0.3, -0.25) is 28.8 Å². The fourth-order valence-electron chi connectivity index (χ4n) is 17.7. The summed E-state index contributed by atoms with van der Waals surface area (Å²) in [5.41, 5.74) is -13.3. The number of carbonyl (C=O) groups is 8. The van der Waals surface area contributed by atoms with Crippen molar-refractivity contribution < 1.29 is 123 Å². The number of allylic oxidation sites excluding steroid dienone is 6. The molecule has 0 aromatic heterocycles. The minimum Gasteiger partial charge on any atom is -0.507 e. The number of aliphatic hydroxyl groups is 6. The van der Waals surface area contributed by atoms with Crippen molar-refractivity contribution in [3.05, 3.63) is 204 Å². The molecule has 6 heterocycles. The first kappa shape index (κ1) is 74.5. The van der Waals surface area contributed by atoms with Crippen molar-refractivity contribution in [2.75, 3.05) is 30.2 Å². The molecule has 28 heteroatoms. The van der Waals surface area contributed by atoms with E-state index in [0.29, 0.717) is 5.57 Å². The number of rotatable bonds is 7. The number of anilines is 3. The molecule has 570 valence electrons. The summed E-state index contributed by atoms with van der Waals surface area (Å²) in [6.07, 6.45) is 3.18. The fraction of sp³-hybridized carbons (Fsp3) is 0.256. The molecule has 6 aliphatic carbocycles. The number of phenols is 6. The first-order valence-electron chi connectivity index (χ1n) is 35.1. The number of ether oxygens (including phenoxy) is 5. The van der Waals surface area contributed by atoms with Gasteiger partial charge in [-0.05, 0) is 98.2 Å². The maximum Gasteiger partial charge on any atom is 0.337 e. The van der Waals surface area contributed by atoms with Crippen molar-refractivity contribution in [3.63, 3.8) is 0 Å². The van der Waals surface area contributed by atoms with E-state index in [1.165, 1.54) is 73.9 Å². The van der Waals surface area contributed by atoms with Crippen LogP contribution in [0, 0.1) is 77.0 Å². The summed E-state index contributed by atoms with van der Waals surface area (Å²) in [6.45, 7) is 6.02. The van der Waals surface area contributed by atoms with Crippen molar-refractivity contribution in [2.24, 2.45) is 5.92 Å². The van der Waals surface area contributed by atoms with Gasteiger partial charge in [0.05, 0.1) is 82.4 Å². The number of phenolic OH excluding ortho intramolecular Hbond substituents is 5. The summed E-state index contributed by atoms with van der Waals surface area (Å²) in [5.74, 6) is 23.8. The summed E-state index contributed by atoms with van der Waals surface area (Å²) in [7, 11) is 2.23. The molecular weight excluding hydrogens is 1470 g/mol. The number of hydrogen-bond donors (Lipinski definition) is 15. The molecule has 12 aliphatic rings. The Labute approximate surface area is 645 Å². The predicted octanol–water partition coefficient (Wildman–Crippen LogP) is 3.26. The minimum absolute atomic E-state index is 0.0312. The lowest BCUT2D eigenvalue weighted by molar-refractivity contribution is -0.174. The SMILES string of the molecule is CC(C)[C@@]12OC13c1cc(O)c4c(c1N[C@H]2C#C/C=C\C#C[C@H]3O)C(=O)c1c(ccc(CO)c1O)C4=O.COC(=O)/C=C(\C)[C@@]12OC13c1cc(O)c4c(c1N[C@H]2C#C/C=C\C#C[C@H]3O)C(=O)c1ccccc1C4=O.COC(=O)C(O)C(C)(O)[C@@]12OC13c1cc(O)c4c(c1N[C@H]2C#C/C=C\C#C[C@H]3O)C(=O)c1c(ccc(O)c1O)C4=O. The summed E-state index contributed by atoms with van der Waals surface area (Å²) >= 11 is 0. The number of methoxy groups -OCH3 is 2. The van der Waals surface area contributed by atoms with Crippen LogP contribution in [0.2, 0.25) is 0 Å². The van der Waals surface area contributed by atoms with Crippen LogP contribution in [0.15, 0.2) is 115 Å². The Morgan fingerprint density at radius 2 is 0.930 bits per heavy atom. The number of fused-ring (bicyclic) bond motifs is 12.